The van der Waals surface area contributed by atoms with Crippen molar-refractivity contribution in [2.45, 2.75) is 12.8 Å². The Bertz CT molecular complexity index is 812. The van der Waals surface area contributed by atoms with E-state index in [9.17, 15) is 14.0 Å². The molecule has 1 heterocycles. The number of carbonyl (C=O) groups is 2. The highest BCUT2D eigenvalue weighted by Gasteiger charge is 2.23. The van der Waals surface area contributed by atoms with Crippen molar-refractivity contribution in [3.05, 3.63) is 70.5 Å². The summed E-state index contributed by atoms with van der Waals surface area (Å²) >= 11 is 5.97. The van der Waals surface area contributed by atoms with Crippen LogP contribution in [0.2, 0.25) is 5.02 Å². The van der Waals surface area contributed by atoms with E-state index >= 15 is 0 Å². The van der Waals surface area contributed by atoms with Crippen LogP contribution in [-0.2, 0) is 11.2 Å². The number of nitrogens with zero attached hydrogens (tertiary/aromatic N) is 2. The molecule has 2 aromatic carbocycles. The second-order valence-electron chi connectivity index (χ2n) is 6.34. The van der Waals surface area contributed by atoms with Gasteiger partial charge in [0.1, 0.15) is 5.82 Å². The Morgan fingerprint density at radius 1 is 0.962 bits per heavy atom. The van der Waals surface area contributed by atoms with Crippen LogP contribution in [-0.4, -0.2) is 47.8 Å². The second kappa shape index (κ2) is 8.32. The molecule has 0 N–H and O–H groups in total. The minimum absolute atomic E-state index is 0.0207. The number of halogens is 2. The minimum atomic E-state index is -0.427. The number of carbonyl (C=O) groups excluding carboxylic acids is 2. The van der Waals surface area contributed by atoms with E-state index < -0.39 is 5.82 Å². The summed E-state index contributed by atoms with van der Waals surface area (Å²) in [5.74, 6) is -0.607. The molecule has 1 fully saturated rings. The SMILES string of the molecule is O=C(Cc1cccc(Cl)c1)N1CCCN(C(=O)c2cccc(F)c2)CC1. The third-order valence-electron chi connectivity index (χ3n) is 4.45. The molecule has 0 aliphatic carbocycles. The van der Waals surface area contributed by atoms with Gasteiger partial charge in [0.2, 0.25) is 5.91 Å². The molecule has 1 saturated heterocycles. The highest BCUT2D eigenvalue weighted by molar-refractivity contribution is 6.30. The predicted molar refractivity (Wildman–Crippen MR) is 98.7 cm³/mol. The Hall–Kier alpha value is -2.40. The molecule has 0 saturated carbocycles. The number of benzene rings is 2. The van der Waals surface area contributed by atoms with Gasteiger partial charge >= 0.3 is 0 Å². The topological polar surface area (TPSA) is 40.6 Å². The lowest BCUT2D eigenvalue weighted by Crippen LogP contribution is -2.38. The molecule has 136 valence electrons. The van der Waals surface area contributed by atoms with Crippen molar-refractivity contribution in [2.75, 3.05) is 26.2 Å². The number of rotatable bonds is 3. The van der Waals surface area contributed by atoms with E-state index in [1.165, 1.54) is 18.2 Å². The van der Waals surface area contributed by atoms with Gasteiger partial charge in [-0.3, -0.25) is 9.59 Å². The van der Waals surface area contributed by atoms with Crippen LogP contribution in [0.5, 0.6) is 0 Å². The first kappa shape index (κ1) is 18.4. The Balaban J connectivity index is 1.61. The fraction of sp³-hybridized carbons (Fsp3) is 0.300. The van der Waals surface area contributed by atoms with Crippen molar-refractivity contribution in [1.29, 1.82) is 0 Å². The fourth-order valence-corrected chi connectivity index (χ4v) is 3.32. The molecule has 6 heteroatoms. The predicted octanol–water partition coefficient (Wildman–Crippen LogP) is 3.40. The number of hydrogen-bond donors (Lipinski definition) is 0. The molecule has 2 amide bonds. The zero-order valence-corrected chi connectivity index (χ0v) is 15.1. The molecule has 1 aliphatic rings. The molecular weight excluding hydrogens is 355 g/mol. The molecular formula is C20H20ClFN2O2. The van der Waals surface area contributed by atoms with Gasteiger partial charge in [-0.05, 0) is 42.3 Å². The van der Waals surface area contributed by atoms with Crippen LogP contribution in [0, 0.1) is 5.82 Å². The maximum Gasteiger partial charge on any atom is 0.254 e. The lowest BCUT2D eigenvalue weighted by Gasteiger charge is -2.22. The van der Waals surface area contributed by atoms with Gasteiger partial charge in [0.15, 0.2) is 0 Å². The Morgan fingerprint density at radius 2 is 1.69 bits per heavy atom. The summed E-state index contributed by atoms with van der Waals surface area (Å²) in [5.41, 5.74) is 1.21. The molecule has 2 aromatic rings. The lowest BCUT2D eigenvalue weighted by atomic mass is 10.1. The van der Waals surface area contributed by atoms with Gasteiger partial charge in [-0.1, -0.05) is 29.8 Å². The molecule has 0 unspecified atom stereocenters. The maximum atomic E-state index is 13.3. The van der Waals surface area contributed by atoms with Crippen molar-refractivity contribution in [2.24, 2.45) is 0 Å². The minimum Gasteiger partial charge on any atom is -0.341 e. The van der Waals surface area contributed by atoms with E-state index in [2.05, 4.69) is 0 Å². The van der Waals surface area contributed by atoms with E-state index in [1.54, 1.807) is 28.0 Å². The first-order chi connectivity index (χ1) is 12.5. The summed E-state index contributed by atoms with van der Waals surface area (Å²) in [5, 5.41) is 0.609. The average Bonchev–Trinajstić information content (AvgIpc) is 2.87. The standard InChI is InChI=1S/C20H20ClFN2O2/c21-17-6-1-4-15(12-17)13-19(25)23-8-3-9-24(11-10-23)20(26)16-5-2-7-18(22)14-16/h1-2,4-7,12,14H,3,8-11,13H2. The molecule has 0 radical (unpaired) electrons. The fourth-order valence-electron chi connectivity index (χ4n) is 3.11. The van der Waals surface area contributed by atoms with E-state index in [-0.39, 0.29) is 11.8 Å². The summed E-state index contributed by atoms with van der Waals surface area (Å²) < 4.78 is 13.3. The summed E-state index contributed by atoms with van der Waals surface area (Å²) in [4.78, 5) is 28.6. The molecule has 1 aliphatic heterocycles. The summed E-state index contributed by atoms with van der Waals surface area (Å²) in [6, 6.07) is 13.0. The Morgan fingerprint density at radius 3 is 2.46 bits per heavy atom. The first-order valence-corrected chi connectivity index (χ1v) is 8.98. The van der Waals surface area contributed by atoms with Crippen LogP contribution in [0.3, 0.4) is 0 Å². The molecule has 0 aromatic heterocycles. The van der Waals surface area contributed by atoms with Crippen LogP contribution in [0.25, 0.3) is 0 Å². The van der Waals surface area contributed by atoms with E-state index in [4.69, 9.17) is 11.6 Å². The monoisotopic (exact) mass is 374 g/mol. The van der Waals surface area contributed by atoms with Gasteiger partial charge in [0.25, 0.3) is 5.91 Å². The molecule has 26 heavy (non-hydrogen) atoms. The van der Waals surface area contributed by atoms with Crippen molar-refractivity contribution >= 4 is 23.4 Å². The quantitative estimate of drug-likeness (QED) is 0.826. The van der Waals surface area contributed by atoms with E-state index in [0.29, 0.717) is 49.6 Å². The van der Waals surface area contributed by atoms with Gasteiger partial charge in [-0.2, -0.15) is 0 Å². The molecule has 0 atom stereocenters. The Labute approximate surface area is 157 Å². The van der Waals surface area contributed by atoms with Crippen molar-refractivity contribution in [3.63, 3.8) is 0 Å². The normalized spacial score (nSPS) is 14.8. The highest BCUT2D eigenvalue weighted by Crippen LogP contribution is 2.14. The van der Waals surface area contributed by atoms with Crippen LogP contribution < -0.4 is 0 Å². The van der Waals surface area contributed by atoms with Gasteiger partial charge in [0, 0.05) is 36.8 Å². The third kappa shape index (κ3) is 4.61. The second-order valence-corrected chi connectivity index (χ2v) is 6.78. The van der Waals surface area contributed by atoms with Gasteiger partial charge < -0.3 is 9.80 Å². The van der Waals surface area contributed by atoms with Crippen molar-refractivity contribution in [3.8, 4) is 0 Å². The molecule has 0 spiro atoms. The third-order valence-corrected chi connectivity index (χ3v) is 4.69. The molecule has 4 nitrogen and oxygen atoms in total. The van der Waals surface area contributed by atoms with Crippen molar-refractivity contribution < 1.29 is 14.0 Å². The average molecular weight is 375 g/mol. The maximum absolute atomic E-state index is 13.3. The largest absolute Gasteiger partial charge is 0.341 e. The lowest BCUT2D eigenvalue weighted by molar-refractivity contribution is -0.130. The summed E-state index contributed by atoms with van der Waals surface area (Å²) in [7, 11) is 0. The van der Waals surface area contributed by atoms with E-state index in [0.717, 1.165) is 5.56 Å². The first-order valence-electron chi connectivity index (χ1n) is 8.60. The van der Waals surface area contributed by atoms with Gasteiger partial charge in [-0.15, -0.1) is 0 Å². The van der Waals surface area contributed by atoms with Gasteiger partial charge in [-0.25, -0.2) is 4.39 Å². The zero-order valence-electron chi connectivity index (χ0n) is 14.3. The molecule has 0 bridgehead atoms. The summed E-state index contributed by atoms with van der Waals surface area (Å²) in [6.45, 7) is 2.07. The van der Waals surface area contributed by atoms with E-state index in [1.807, 2.05) is 12.1 Å². The van der Waals surface area contributed by atoms with Crippen LogP contribution in [0.1, 0.15) is 22.3 Å². The summed E-state index contributed by atoms with van der Waals surface area (Å²) in [6.07, 6.45) is 0.987. The Kier molecular flexibility index (Phi) is 5.89. The zero-order chi connectivity index (χ0) is 18.5. The van der Waals surface area contributed by atoms with Crippen molar-refractivity contribution in [1.82, 2.24) is 9.80 Å². The highest BCUT2D eigenvalue weighted by atomic mass is 35.5. The number of amides is 2. The number of hydrogen-bond acceptors (Lipinski definition) is 2. The van der Waals surface area contributed by atoms with Crippen LogP contribution in [0.4, 0.5) is 4.39 Å². The smallest absolute Gasteiger partial charge is 0.254 e. The van der Waals surface area contributed by atoms with Gasteiger partial charge in [0.05, 0.1) is 6.42 Å². The molecule has 3 rings (SSSR count). The van der Waals surface area contributed by atoms with Crippen LogP contribution >= 0.6 is 11.6 Å². The van der Waals surface area contributed by atoms with Crippen LogP contribution in [0.15, 0.2) is 48.5 Å².